The van der Waals surface area contributed by atoms with Gasteiger partial charge in [-0.15, -0.1) is 0 Å². The van der Waals surface area contributed by atoms with E-state index in [1.807, 2.05) is 0 Å². The van der Waals surface area contributed by atoms with Crippen LogP contribution in [0.5, 0.6) is 0 Å². The molecule has 4 rings (SSSR count). The molecular formula is C14H20I2NO2-. The molecule has 0 radical (unpaired) electrons. The molecule has 0 amide bonds. The van der Waals surface area contributed by atoms with E-state index in [0.717, 1.165) is 30.6 Å². The molecule has 3 aliphatic carbocycles. The number of fused-ring (bicyclic) bond motifs is 5. The minimum absolute atomic E-state index is 0.0464. The molecule has 1 N–H and O–H groups in total. The molecule has 0 aromatic rings. The molecule has 0 aromatic carbocycles. The molecule has 7 unspecified atom stereocenters. The molecule has 19 heavy (non-hydrogen) atoms. The summed E-state index contributed by atoms with van der Waals surface area (Å²) in [4.78, 5) is 12.4. The van der Waals surface area contributed by atoms with Crippen molar-refractivity contribution in [3.05, 3.63) is 0 Å². The first-order valence-electron chi connectivity index (χ1n) is 7.39. The van der Waals surface area contributed by atoms with Gasteiger partial charge in [0, 0.05) is 0 Å². The van der Waals surface area contributed by atoms with Crippen molar-refractivity contribution in [3.63, 3.8) is 0 Å². The number of ether oxygens (including phenoxy) is 1. The molecule has 0 aromatic heterocycles. The molecule has 3 nitrogen and oxygen atoms in total. The van der Waals surface area contributed by atoms with Crippen molar-refractivity contribution >= 4 is 28.6 Å². The van der Waals surface area contributed by atoms with Crippen LogP contribution in [0.3, 0.4) is 0 Å². The molecule has 4 aliphatic rings. The molecule has 4 fully saturated rings. The predicted molar refractivity (Wildman–Crippen MR) is 76.3 cm³/mol. The summed E-state index contributed by atoms with van der Waals surface area (Å²) in [5.41, 5.74) is -0.0973. The van der Waals surface area contributed by atoms with Crippen LogP contribution in [0.1, 0.15) is 39.0 Å². The molecular weight excluding hydrogens is 468 g/mol. The SMILES string of the molecule is CCC1(OC(=O)C(I)C2N[I-]2)CC2CC1C1CCC21. The Balaban J connectivity index is 1.50. The number of esters is 1. The van der Waals surface area contributed by atoms with Gasteiger partial charge in [0.25, 0.3) is 0 Å². The third-order valence-corrected chi connectivity index (χ3v) is 10.6. The van der Waals surface area contributed by atoms with Crippen LogP contribution in [0, 0.1) is 23.7 Å². The monoisotopic (exact) mass is 488 g/mol. The fraction of sp³-hybridized carbons (Fsp3) is 0.929. The van der Waals surface area contributed by atoms with Gasteiger partial charge in [0.1, 0.15) is 0 Å². The topological polar surface area (TPSA) is 48.2 Å². The van der Waals surface area contributed by atoms with Crippen LogP contribution >= 0.6 is 22.6 Å². The Morgan fingerprint density at radius 3 is 2.79 bits per heavy atom. The quantitative estimate of drug-likeness (QED) is 0.145. The second kappa shape index (κ2) is 4.69. The minimum atomic E-state index is -0.0973. The molecule has 3 saturated carbocycles. The molecule has 0 spiro atoms. The average Bonchev–Trinajstić information content (AvgIpc) is 3.09. The van der Waals surface area contributed by atoms with Gasteiger partial charge in [-0.05, 0) is 0 Å². The summed E-state index contributed by atoms with van der Waals surface area (Å²) in [5.74, 6) is 3.45. The van der Waals surface area contributed by atoms with Crippen LogP contribution in [0.4, 0.5) is 0 Å². The van der Waals surface area contributed by atoms with Crippen LogP contribution in [0.25, 0.3) is 0 Å². The Morgan fingerprint density at radius 1 is 1.53 bits per heavy atom. The van der Waals surface area contributed by atoms with Crippen LogP contribution in [0.15, 0.2) is 0 Å². The first-order chi connectivity index (χ1) is 9.14. The second-order valence-corrected chi connectivity index (χ2v) is 10.5. The number of nitrogens with one attached hydrogen (secondary N) is 1. The van der Waals surface area contributed by atoms with Crippen molar-refractivity contribution in [2.75, 3.05) is 0 Å². The van der Waals surface area contributed by atoms with E-state index in [1.165, 1.54) is 19.3 Å². The van der Waals surface area contributed by atoms with Crippen molar-refractivity contribution in [1.82, 2.24) is 3.53 Å². The van der Waals surface area contributed by atoms with Gasteiger partial charge in [-0.3, -0.25) is 0 Å². The number of carbonyl (C=O) groups excluding carboxylic acids is 1. The number of hydrogen-bond donors (Lipinski definition) is 1. The number of halogens is 2. The number of rotatable bonds is 4. The first-order valence-corrected chi connectivity index (χ1v) is 11.0. The van der Waals surface area contributed by atoms with Gasteiger partial charge < -0.3 is 0 Å². The van der Waals surface area contributed by atoms with Gasteiger partial charge in [-0.2, -0.15) is 0 Å². The van der Waals surface area contributed by atoms with Crippen LogP contribution < -0.4 is 25.0 Å². The summed E-state index contributed by atoms with van der Waals surface area (Å²) in [6.45, 7) is 2.21. The fourth-order valence-corrected chi connectivity index (χ4v) is 7.95. The van der Waals surface area contributed by atoms with E-state index in [0.29, 0.717) is 9.97 Å². The normalized spacial score (nSPS) is 51.8. The Kier molecular flexibility index (Phi) is 3.35. The van der Waals surface area contributed by atoms with E-state index in [9.17, 15) is 4.79 Å². The molecule has 1 aliphatic heterocycles. The summed E-state index contributed by atoms with van der Waals surface area (Å²) in [5, 5.41) is 0. The number of alkyl halides is 2. The van der Waals surface area contributed by atoms with Gasteiger partial charge in [-0.25, -0.2) is 0 Å². The van der Waals surface area contributed by atoms with Crippen LogP contribution in [0.2, 0.25) is 0 Å². The van der Waals surface area contributed by atoms with Crippen LogP contribution in [-0.4, -0.2) is 19.5 Å². The van der Waals surface area contributed by atoms with Gasteiger partial charge in [0.2, 0.25) is 0 Å². The molecule has 7 atom stereocenters. The van der Waals surface area contributed by atoms with E-state index >= 15 is 0 Å². The van der Waals surface area contributed by atoms with Gasteiger partial charge in [0.05, 0.1) is 0 Å². The first kappa shape index (κ1) is 13.5. The zero-order valence-electron chi connectivity index (χ0n) is 11.1. The van der Waals surface area contributed by atoms with Gasteiger partial charge in [0.15, 0.2) is 0 Å². The van der Waals surface area contributed by atoms with Crippen molar-refractivity contribution < 1.29 is 31.0 Å². The maximum atomic E-state index is 12.4. The summed E-state index contributed by atoms with van der Waals surface area (Å²) in [6, 6.07) is 0. The Labute approximate surface area is 138 Å². The summed E-state index contributed by atoms with van der Waals surface area (Å²) < 4.78 is 9.98. The predicted octanol–water partition coefficient (Wildman–Crippen LogP) is -0.519. The third-order valence-electron chi connectivity index (χ3n) is 5.97. The molecule has 5 heteroatoms. The van der Waals surface area contributed by atoms with E-state index < -0.39 is 0 Å². The molecule has 1 saturated heterocycles. The molecule has 108 valence electrons. The van der Waals surface area contributed by atoms with Gasteiger partial charge in [-0.1, -0.05) is 0 Å². The molecule has 2 bridgehead atoms. The molecule has 1 heterocycles. The Bertz CT molecular complexity index is 412. The Hall–Kier alpha value is 0.890. The van der Waals surface area contributed by atoms with Crippen molar-refractivity contribution in [2.24, 2.45) is 23.7 Å². The Morgan fingerprint density at radius 2 is 2.26 bits per heavy atom. The summed E-state index contributed by atoms with van der Waals surface area (Å²) in [6.07, 6.45) is 6.31. The number of hydrogen-bond acceptors (Lipinski definition) is 3. The van der Waals surface area contributed by atoms with E-state index in [1.54, 1.807) is 0 Å². The van der Waals surface area contributed by atoms with Crippen molar-refractivity contribution in [1.29, 1.82) is 0 Å². The summed E-state index contributed by atoms with van der Waals surface area (Å²) in [7, 11) is 0. The average molecular weight is 488 g/mol. The van der Waals surface area contributed by atoms with E-state index in [2.05, 4.69) is 33.0 Å². The second-order valence-electron chi connectivity index (χ2n) is 6.57. The van der Waals surface area contributed by atoms with Gasteiger partial charge >= 0.3 is 139 Å². The summed E-state index contributed by atoms with van der Waals surface area (Å²) >= 11 is 2.36. The standard InChI is InChI=1S/C14H20I2NO2/c1-2-14(19-13(18)11(15)12-16-17-12)6-7-5-10(14)9-4-3-8(7)9/h7-12,17H,2-6H2,1H3/q-1. The van der Waals surface area contributed by atoms with Crippen molar-refractivity contribution in [2.45, 2.75) is 52.6 Å². The zero-order chi connectivity index (χ0) is 13.2. The number of carbonyl (C=O) groups is 1. The zero-order valence-corrected chi connectivity index (χ0v) is 15.4. The van der Waals surface area contributed by atoms with E-state index in [4.69, 9.17) is 4.74 Å². The van der Waals surface area contributed by atoms with Crippen LogP contribution in [-0.2, 0) is 9.53 Å². The maximum absolute atomic E-state index is 12.4. The fourth-order valence-electron chi connectivity index (χ4n) is 4.87. The van der Waals surface area contributed by atoms with Crippen molar-refractivity contribution in [3.8, 4) is 0 Å². The van der Waals surface area contributed by atoms with E-state index in [-0.39, 0.29) is 37.0 Å². The third kappa shape index (κ3) is 2.00.